The quantitative estimate of drug-likeness (QED) is 0.822. The van der Waals surface area contributed by atoms with Crippen LogP contribution in [0.25, 0.3) is 6.08 Å². The summed E-state index contributed by atoms with van der Waals surface area (Å²) in [5.74, 6) is 1.65. The van der Waals surface area contributed by atoms with Crippen molar-refractivity contribution in [2.45, 2.75) is 32.1 Å². The lowest BCUT2D eigenvalue weighted by Crippen LogP contribution is -2.42. The molecule has 1 aliphatic carbocycles. The smallest absolute Gasteiger partial charge is 0.321 e. The van der Waals surface area contributed by atoms with E-state index in [9.17, 15) is 4.79 Å². The molecule has 1 saturated carbocycles. The molecule has 1 saturated heterocycles. The summed E-state index contributed by atoms with van der Waals surface area (Å²) in [5.41, 5.74) is 4.85. The Hall–Kier alpha value is -2.82. The number of pyridine rings is 1. The van der Waals surface area contributed by atoms with Crippen molar-refractivity contribution in [3.63, 3.8) is 0 Å². The molecular formula is C23H27N3O2. The lowest BCUT2D eigenvalue weighted by atomic mass is 9.91. The molecule has 4 rings (SSSR count). The van der Waals surface area contributed by atoms with E-state index in [0.29, 0.717) is 17.5 Å². The van der Waals surface area contributed by atoms with Crippen LogP contribution >= 0.6 is 0 Å². The molecule has 2 aliphatic rings. The van der Waals surface area contributed by atoms with Crippen molar-refractivity contribution in [2.75, 3.05) is 25.5 Å². The topological polar surface area (TPSA) is 54.5 Å². The number of nitrogens with one attached hydrogen (secondary N) is 1. The van der Waals surface area contributed by atoms with Crippen LogP contribution in [0.2, 0.25) is 0 Å². The second-order valence-corrected chi connectivity index (χ2v) is 7.78. The van der Waals surface area contributed by atoms with Gasteiger partial charge in [0.15, 0.2) is 0 Å². The average molecular weight is 377 g/mol. The SMILES string of the molecule is COc1ccc(NC(=O)N2CCC(=Cc3cccc(C4CC4)c3)C(C)C2)cn1. The summed E-state index contributed by atoms with van der Waals surface area (Å²) < 4.78 is 5.05. The van der Waals surface area contributed by atoms with Gasteiger partial charge in [0.2, 0.25) is 5.88 Å². The summed E-state index contributed by atoms with van der Waals surface area (Å²) in [6.07, 6.45) is 7.49. The van der Waals surface area contributed by atoms with Crippen LogP contribution in [-0.4, -0.2) is 36.1 Å². The Balaban J connectivity index is 1.37. The first-order valence-corrected chi connectivity index (χ1v) is 9.99. The minimum atomic E-state index is -0.0754. The van der Waals surface area contributed by atoms with Gasteiger partial charge in [0, 0.05) is 19.2 Å². The Morgan fingerprint density at radius 3 is 2.82 bits per heavy atom. The van der Waals surface area contributed by atoms with E-state index in [1.165, 1.54) is 29.5 Å². The van der Waals surface area contributed by atoms with Crippen LogP contribution in [0, 0.1) is 5.92 Å². The van der Waals surface area contributed by atoms with Crippen LogP contribution in [0.1, 0.15) is 43.2 Å². The van der Waals surface area contributed by atoms with Crippen molar-refractivity contribution in [3.8, 4) is 5.88 Å². The van der Waals surface area contributed by atoms with E-state index in [-0.39, 0.29) is 6.03 Å². The highest BCUT2D eigenvalue weighted by Crippen LogP contribution is 2.40. The fraction of sp³-hybridized carbons (Fsp3) is 0.391. The van der Waals surface area contributed by atoms with Gasteiger partial charge in [-0.2, -0.15) is 0 Å². The maximum Gasteiger partial charge on any atom is 0.321 e. The first kappa shape index (κ1) is 18.5. The van der Waals surface area contributed by atoms with Crippen LogP contribution in [0.5, 0.6) is 5.88 Å². The van der Waals surface area contributed by atoms with E-state index in [2.05, 4.69) is 47.6 Å². The number of likely N-dealkylation sites (tertiary alicyclic amines) is 1. The molecule has 28 heavy (non-hydrogen) atoms. The van der Waals surface area contributed by atoms with Crippen molar-refractivity contribution in [2.24, 2.45) is 5.92 Å². The Morgan fingerprint density at radius 1 is 1.29 bits per heavy atom. The molecule has 146 valence electrons. The Kier molecular flexibility index (Phi) is 5.33. The monoisotopic (exact) mass is 377 g/mol. The van der Waals surface area contributed by atoms with Gasteiger partial charge >= 0.3 is 6.03 Å². The van der Waals surface area contributed by atoms with E-state index in [0.717, 1.165) is 25.4 Å². The predicted molar refractivity (Wildman–Crippen MR) is 112 cm³/mol. The van der Waals surface area contributed by atoms with Gasteiger partial charge in [-0.3, -0.25) is 0 Å². The van der Waals surface area contributed by atoms with Gasteiger partial charge in [0.25, 0.3) is 0 Å². The fourth-order valence-electron chi connectivity index (χ4n) is 3.76. The van der Waals surface area contributed by atoms with Crippen LogP contribution in [0.4, 0.5) is 10.5 Å². The number of hydrogen-bond donors (Lipinski definition) is 1. The van der Waals surface area contributed by atoms with Gasteiger partial charge in [-0.05, 0) is 48.3 Å². The number of benzene rings is 1. The molecule has 0 bridgehead atoms. The Labute approximate surface area is 166 Å². The van der Waals surface area contributed by atoms with Gasteiger partial charge in [-0.25, -0.2) is 9.78 Å². The summed E-state index contributed by atoms with van der Waals surface area (Å²) in [5, 5.41) is 2.92. The predicted octanol–water partition coefficient (Wildman–Crippen LogP) is 4.92. The zero-order valence-electron chi connectivity index (χ0n) is 16.5. The van der Waals surface area contributed by atoms with Crippen molar-refractivity contribution in [3.05, 3.63) is 59.3 Å². The second kappa shape index (κ2) is 8.05. The molecule has 2 heterocycles. The largest absolute Gasteiger partial charge is 0.481 e. The molecule has 0 radical (unpaired) electrons. The molecule has 1 aromatic heterocycles. The number of urea groups is 1. The summed E-state index contributed by atoms with van der Waals surface area (Å²) in [6.45, 7) is 3.66. The fourth-order valence-corrected chi connectivity index (χ4v) is 3.76. The van der Waals surface area contributed by atoms with Crippen molar-refractivity contribution in [1.29, 1.82) is 0 Å². The van der Waals surface area contributed by atoms with E-state index in [1.807, 2.05) is 4.90 Å². The highest BCUT2D eigenvalue weighted by molar-refractivity contribution is 5.89. The summed E-state index contributed by atoms with van der Waals surface area (Å²) in [4.78, 5) is 18.6. The summed E-state index contributed by atoms with van der Waals surface area (Å²) in [6, 6.07) is 12.4. The minimum Gasteiger partial charge on any atom is -0.481 e. The van der Waals surface area contributed by atoms with Crippen molar-refractivity contribution >= 4 is 17.8 Å². The Bertz CT molecular complexity index is 872. The molecule has 1 aromatic carbocycles. The number of anilines is 1. The highest BCUT2D eigenvalue weighted by Gasteiger charge is 2.25. The zero-order valence-corrected chi connectivity index (χ0v) is 16.5. The van der Waals surface area contributed by atoms with E-state index >= 15 is 0 Å². The molecule has 0 spiro atoms. The third-order valence-corrected chi connectivity index (χ3v) is 5.59. The van der Waals surface area contributed by atoms with Gasteiger partial charge in [0.05, 0.1) is 19.0 Å². The van der Waals surface area contributed by atoms with Crippen molar-refractivity contribution < 1.29 is 9.53 Å². The van der Waals surface area contributed by atoms with Gasteiger partial charge in [-0.15, -0.1) is 0 Å². The maximum absolute atomic E-state index is 12.6. The minimum absolute atomic E-state index is 0.0754. The number of rotatable bonds is 4. The molecule has 5 heteroatoms. The number of methoxy groups -OCH3 is 1. The standard InChI is InChI=1S/C23H27N3O2/c1-16-15-26(23(27)25-21-8-9-22(28-2)24-14-21)11-10-19(16)12-17-4-3-5-20(13-17)18-6-7-18/h3-5,8-9,12-14,16,18H,6-7,10-11,15H2,1-2H3,(H,25,27). The lowest BCUT2D eigenvalue weighted by molar-refractivity contribution is 0.198. The first-order chi connectivity index (χ1) is 13.6. The van der Waals surface area contributed by atoms with E-state index in [4.69, 9.17) is 4.74 Å². The molecule has 1 aliphatic heterocycles. The van der Waals surface area contributed by atoms with E-state index in [1.54, 1.807) is 25.4 Å². The maximum atomic E-state index is 12.6. The first-order valence-electron chi connectivity index (χ1n) is 9.99. The molecule has 1 unspecified atom stereocenters. The van der Waals surface area contributed by atoms with E-state index < -0.39 is 0 Å². The summed E-state index contributed by atoms with van der Waals surface area (Å²) in [7, 11) is 1.57. The number of piperidine rings is 1. The van der Waals surface area contributed by atoms with Crippen LogP contribution in [-0.2, 0) is 0 Å². The molecule has 1 N–H and O–H groups in total. The highest BCUT2D eigenvalue weighted by atomic mass is 16.5. The van der Waals surface area contributed by atoms with Gasteiger partial charge in [-0.1, -0.05) is 42.8 Å². The molecule has 2 amide bonds. The number of carbonyl (C=O) groups is 1. The molecule has 2 fully saturated rings. The number of nitrogens with zero attached hydrogens (tertiary/aromatic N) is 2. The molecule has 1 atom stereocenters. The van der Waals surface area contributed by atoms with Gasteiger partial charge < -0.3 is 15.0 Å². The summed E-state index contributed by atoms with van der Waals surface area (Å²) >= 11 is 0. The molecular weight excluding hydrogens is 350 g/mol. The third-order valence-electron chi connectivity index (χ3n) is 5.59. The number of carbonyl (C=O) groups excluding carboxylic acids is 1. The van der Waals surface area contributed by atoms with Gasteiger partial charge in [0.1, 0.15) is 0 Å². The number of ether oxygens (including phenoxy) is 1. The second-order valence-electron chi connectivity index (χ2n) is 7.78. The zero-order chi connectivity index (χ0) is 19.5. The third kappa shape index (κ3) is 4.35. The van der Waals surface area contributed by atoms with Crippen LogP contribution in [0.15, 0.2) is 48.2 Å². The molecule has 5 nitrogen and oxygen atoms in total. The normalized spacial score (nSPS) is 20.9. The number of hydrogen-bond acceptors (Lipinski definition) is 3. The van der Waals surface area contributed by atoms with Crippen LogP contribution in [0.3, 0.4) is 0 Å². The van der Waals surface area contributed by atoms with Crippen LogP contribution < -0.4 is 10.1 Å². The Morgan fingerprint density at radius 2 is 2.14 bits per heavy atom. The lowest BCUT2D eigenvalue weighted by Gasteiger charge is -2.33. The number of aromatic nitrogens is 1. The van der Waals surface area contributed by atoms with Crippen molar-refractivity contribution in [1.82, 2.24) is 9.88 Å². The average Bonchev–Trinajstić information content (AvgIpc) is 3.56. The molecule has 2 aromatic rings. The number of amides is 2.